The fourth-order valence-electron chi connectivity index (χ4n) is 6.77. The Morgan fingerprint density at radius 3 is 2.71 bits per heavy atom. The number of nitro groups is 1. The van der Waals surface area contributed by atoms with Gasteiger partial charge in [-0.1, -0.05) is 0 Å². The van der Waals surface area contributed by atoms with Crippen LogP contribution in [0.25, 0.3) is 10.9 Å². The molecule has 224 valence electrons. The number of aromatic nitrogens is 3. The number of hydrogen-bond acceptors (Lipinski definition) is 9. The Kier molecular flexibility index (Phi) is 7.13. The Hall–Kier alpha value is -4.04. The average Bonchev–Trinajstić information content (AvgIpc) is 3.59. The first-order valence-corrected chi connectivity index (χ1v) is 14.1. The van der Waals surface area contributed by atoms with E-state index < -0.39 is 33.8 Å². The summed E-state index contributed by atoms with van der Waals surface area (Å²) in [6, 6.07) is 1.14. The van der Waals surface area contributed by atoms with Gasteiger partial charge in [0, 0.05) is 44.8 Å². The molecule has 0 bridgehead atoms. The third kappa shape index (κ3) is 4.77. The van der Waals surface area contributed by atoms with Gasteiger partial charge in [-0.25, -0.2) is 18.7 Å². The molecule has 6 rings (SSSR count). The van der Waals surface area contributed by atoms with Crippen LogP contribution in [0, 0.1) is 28.8 Å². The summed E-state index contributed by atoms with van der Waals surface area (Å²) in [5.41, 5.74) is -0.518. The molecule has 2 aromatic heterocycles. The summed E-state index contributed by atoms with van der Waals surface area (Å²) >= 11 is 0. The fraction of sp³-hybridized carbons (Fsp3) is 0.536. The Morgan fingerprint density at radius 2 is 2.05 bits per heavy atom. The highest BCUT2D eigenvalue weighted by Crippen LogP contribution is 2.45. The second kappa shape index (κ2) is 10.7. The monoisotopic (exact) mass is 584 g/mol. The number of aliphatic hydroxyl groups is 1. The predicted molar refractivity (Wildman–Crippen MR) is 150 cm³/mol. The number of carboxylic acids is 1. The van der Waals surface area contributed by atoms with Gasteiger partial charge in [-0.05, 0) is 49.1 Å². The number of carboxylic acid groups (broad SMARTS) is 1. The standard InChI is InChI=1S/C28H33FN6O7/c1-15-30-9-23(35(40)41)33(15)12-18(36)11-31-7-3-4-16-10-32(14-22(16)31)25-21(29)8-19-24(27(25)42-2)34(17-5-6-17)13-20(26(19)37)28(38)39/h8-9,13,16-18,22,36H,3-7,10-12,14H2,1-2H3,(H,38,39)/t16-,18+,22+/m0/s1. The molecule has 4 heterocycles. The molecular weight excluding hydrogens is 551 g/mol. The molecule has 1 aliphatic carbocycles. The number of hydrogen-bond donors (Lipinski definition) is 2. The van der Waals surface area contributed by atoms with Crippen LogP contribution in [0.4, 0.5) is 15.9 Å². The zero-order chi connectivity index (χ0) is 29.9. The highest BCUT2D eigenvalue weighted by Gasteiger charge is 2.42. The number of piperidine rings is 1. The van der Waals surface area contributed by atoms with Gasteiger partial charge < -0.3 is 34.5 Å². The number of benzene rings is 1. The van der Waals surface area contributed by atoms with Gasteiger partial charge in [-0.3, -0.25) is 9.69 Å². The first-order chi connectivity index (χ1) is 20.1. The highest BCUT2D eigenvalue weighted by atomic mass is 19.1. The minimum atomic E-state index is -1.36. The average molecular weight is 585 g/mol. The van der Waals surface area contributed by atoms with Gasteiger partial charge in [-0.15, -0.1) is 0 Å². The number of anilines is 1. The maximum Gasteiger partial charge on any atom is 0.342 e. The molecule has 2 N–H and O–H groups in total. The molecule has 3 aromatic rings. The van der Waals surface area contributed by atoms with Crippen LogP contribution in [0.2, 0.25) is 0 Å². The van der Waals surface area contributed by atoms with E-state index >= 15 is 4.39 Å². The SMILES string of the molecule is COc1c(N2C[C@@H]3CCCN(C[C@@H](O)Cn4c([N+](=O)[O-])cnc4C)[C@@H]3C2)c(F)cc2c(=O)c(C(=O)O)cn(C3CC3)c12. The van der Waals surface area contributed by atoms with E-state index in [4.69, 9.17) is 4.74 Å². The number of aliphatic hydroxyl groups excluding tert-OH is 1. The van der Waals surface area contributed by atoms with Crippen LogP contribution in [0.3, 0.4) is 0 Å². The molecule has 13 nitrogen and oxygen atoms in total. The number of methoxy groups -OCH3 is 1. The van der Waals surface area contributed by atoms with Crippen LogP contribution in [0.1, 0.15) is 47.9 Å². The van der Waals surface area contributed by atoms with Gasteiger partial charge in [0.15, 0.2) is 17.4 Å². The van der Waals surface area contributed by atoms with Crippen molar-refractivity contribution in [1.82, 2.24) is 19.0 Å². The van der Waals surface area contributed by atoms with Gasteiger partial charge in [-0.2, -0.15) is 0 Å². The minimum Gasteiger partial charge on any atom is -0.492 e. The van der Waals surface area contributed by atoms with Crippen LogP contribution in [-0.2, 0) is 6.54 Å². The molecule has 0 unspecified atom stereocenters. The number of pyridine rings is 1. The van der Waals surface area contributed by atoms with Crippen LogP contribution < -0.4 is 15.1 Å². The number of imidazole rings is 1. The Bertz CT molecular complexity index is 1630. The number of aryl methyl sites for hydroxylation is 1. The van der Waals surface area contributed by atoms with E-state index in [0.29, 0.717) is 31.0 Å². The van der Waals surface area contributed by atoms with E-state index in [0.717, 1.165) is 38.3 Å². The first kappa shape index (κ1) is 28.1. The summed E-state index contributed by atoms with van der Waals surface area (Å²) in [6.07, 6.45) is 5.10. The molecule has 3 aliphatic rings. The van der Waals surface area contributed by atoms with Crippen molar-refractivity contribution < 1.29 is 29.1 Å². The van der Waals surface area contributed by atoms with Crippen molar-refractivity contribution in [3.05, 3.63) is 56.0 Å². The number of halogens is 1. The summed E-state index contributed by atoms with van der Waals surface area (Å²) in [5, 5.41) is 31.9. The van der Waals surface area contributed by atoms with Crippen molar-refractivity contribution in [3.8, 4) is 5.75 Å². The largest absolute Gasteiger partial charge is 0.492 e. The van der Waals surface area contributed by atoms with Gasteiger partial charge in [0.05, 0.1) is 18.0 Å². The maximum absolute atomic E-state index is 15.9. The maximum atomic E-state index is 15.9. The Balaban J connectivity index is 1.30. The number of nitrogens with zero attached hydrogens (tertiary/aromatic N) is 6. The van der Waals surface area contributed by atoms with Crippen LogP contribution in [0.15, 0.2) is 23.3 Å². The van der Waals surface area contributed by atoms with E-state index in [-0.39, 0.29) is 47.2 Å². The van der Waals surface area contributed by atoms with Crippen LogP contribution in [0.5, 0.6) is 5.75 Å². The summed E-state index contributed by atoms with van der Waals surface area (Å²) < 4.78 is 24.8. The second-order valence-corrected chi connectivity index (χ2v) is 11.5. The molecule has 1 saturated carbocycles. The van der Waals surface area contributed by atoms with E-state index in [1.54, 1.807) is 11.5 Å². The minimum absolute atomic E-state index is 0.00602. The van der Waals surface area contributed by atoms with Gasteiger partial charge in [0.2, 0.25) is 5.43 Å². The second-order valence-electron chi connectivity index (χ2n) is 11.5. The van der Waals surface area contributed by atoms with Crippen molar-refractivity contribution in [1.29, 1.82) is 0 Å². The summed E-state index contributed by atoms with van der Waals surface area (Å²) in [4.78, 5) is 43.8. The lowest BCUT2D eigenvalue weighted by Gasteiger charge is -2.37. The topological polar surface area (TPSA) is 156 Å². The molecule has 3 fully saturated rings. The molecule has 3 atom stereocenters. The Labute approximate surface area is 239 Å². The molecule has 0 spiro atoms. The van der Waals surface area contributed by atoms with Crippen molar-refractivity contribution >= 4 is 28.4 Å². The van der Waals surface area contributed by atoms with E-state index in [1.165, 1.54) is 24.1 Å². The quantitative estimate of drug-likeness (QED) is 0.283. The zero-order valence-corrected chi connectivity index (χ0v) is 23.4. The molecule has 0 amide bonds. The van der Waals surface area contributed by atoms with Crippen molar-refractivity contribution in [3.63, 3.8) is 0 Å². The van der Waals surface area contributed by atoms with Gasteiger partial charge in [0.1, 0.15) is 30.1 Å². The third-order valence-corrected chi connectivity index (χ3v) is 8.84. The number of β-amino-alcohol motifs (C(OH)–C–C–N with tert-alkyl or cyclic N) is 1. The number of carbonyl (C=O) groups is 1. The summed E-state index contributed by atoms with van der Waals surface area (Å²) in [5.74, 6) is -1.34. The van der Waals surface area contributed by atoms with E-state index in [2.05, 4.69) is 9.88 Å². The van der Waals surface area contributed by atoms with Crippen LogP contribution >= 0.6 is 0 Å². The number of likely N-dealkylation sites (tertiary alicyclic amines) is 1. The smallest absolute Gasteiger partial charge is 0.342 e. The lowest BCUT2D eigenvalue weighted by molar-refractivity contribution is -0.392. The molecule has 14 heteroatoms. The highest BCUT2D eigenvalue weighted by molar-refractivity contribution is 5.97. The van der Waals surface area contributed by atoms with Crippen molar-refractivity contribution in [2.45, 2.75) is 57.3 Å². The molecule has 2 saturated heterocycles. The zero-order valence-electron chi connectivity index (χ0n) is 23.4. The van der Waals surface area contributed by atoms with Gasteiger partial charge >= 0.3 is 11.8 Å². The van der Waals surface area contributed by atoms with E-state index in [1.807, 2.05) is 4.90 Å². The van der Waals surface area contributed by atoms with Gasteiger partial charge in [0.25, 0.3) is 0 Å². The number of rotatable bonds is 9. The summed E-state index contributed by atoms with van der Waals surface area (Å²) in [6.45, 7) is 3.71. The molecule has 0 radical (unpaired) electrons. The summed E-state index contributed by atoms with van der Waals surface area (Å²) in [7, 11) is 1.42. The number of fused-ring (bicyclic) bond motifs is 2. The predicted octanol–water partition coefficient (Wildman–Crippen LogP) is 2.56. The molecule has 2 aliphatic heterocycles. The lowest BCUT2D eigenvalue weighted by Crippen LogP contribution is -2.48. The molecule has 42 heavy (non-hydrogen) atoms. The molecular formula is C28H33FN6O7. The lowest BCUT2D eigenvalue weighted by atomic mass is 9.92. The number of ether oxygens (including phenoxy) is 1. The van der Waals surface area contributed by atoms with Crippen molar-refractivity contribution in [2.24, 2.45) is 5.92 Å². The molecule has 1 aromatic carbocycles. The first-order valence-electron chi connectivity index (χ1n) is 14.1. The van der Waals surface area contributed by atoms with Crippen LogP contribution in [-0.4, -0.2) is 85.6 Å². The third-order valence-electron chi connectivity index (χ3n) is 8.84. The van der Waals surface area contributed by atoms with E-state index in [9.17, 15) is 29.9 Å². The van der Waals surface area contributed by atoms with Crippen molar-refractivity contribution in [2.75, 3.05) is 38.2 Å². The normalized spacial score (nSPS) is 21.5. The Morgan fingerprint density at radius 1 is 1.29 bits per heavy atom. The fourth-order valence-corrected chi connectivity index (χ4v) is 6.77. The number of aromatic carboxylic acids is 1.